The number of fused-ring (bicyclic) bond motifs is 2. The van der Waals surface area contributed by atoms with Gasteiger partial charge in [-0.15, -0.1) is 0 Å². The van der Waals surface area contributed by atoms with Crippen LogP contribution < -0.4 is 0 Å². The Hall–Kier alpha value is -1.76. The van der Waals surface area contributed by atoms with Crippen molar-refractivity contribution in [3.05, 3.63) is 47.8 Å². The van der Waals surface area contributed by atoms with E-state index < -0.39 is 11.6 Å². The molecule has 23 heavy (non-hydrogen) atoms. The van der Waals surface area contributed by atoms with Gasteiger partial charge in [0.15, 0.2) is 11.6 Å². The molecular weight excluding hydrogens is 321 g/mol. The number of hydrogen-bond acceptors (Lipinski definition) is 4. The largest absolute Gasteiger partial charge is 0.342 e. The Morgan fingerprint density at radius 3 is 2.91 bits per heavy atom. The zero-order valence-corrected chi connectivity index (χ0v) is 13.4. The molecule has 5 nitrogen and oxygen atoms in total. The second-order valence-corrected chi connectivity index (χ2v) is 6.49. The van der Waals surface area contributed by atoms with Crippen LogP contribution in [0.5, 0.6) is 0 Å². The summed E-state index contributed by atoms with van der Waals surface area (Å²) in [5.74, 6) is -1.16. The van der Waals surface area contributed by atoms with Crippen molar-refractivity contribution in [1.82, 2.24) is 14.5 Å². The van der Waals surface area contributed by atoms with E-state index in [-0.39, 0.29) is 28.8 Å². The molecule has 120 valence electrons. The van der Waals surface area contributed by atoms with Crippen LogP contribution in [-0.4, -0.2) is 32.5 Å². The average Bonchev–Trinajstić information content (AvgIpc) is 3.08. The van der Waals surface area contributed by atoms with Gasteiger partial charge in [-0.3, -0.25) is 0 Å². The van der Waals surface area contributed by atoms with Gasteiger partial charge in [0.05, 0.1) is 11.4 Å². The van der Waals surface area contributed by atoms with Gasteiger partial charge in [-0.05, 0) is 19.4 Å². The minimum Gasteiger partial charge on any atom is -0.342 e. The summed E-state index contributed by atoms with van der Waals surface area (Å²) in [5, 5.41) is 0.307. The van der Waals surface area contributed by atoms with Crippen molar-refractivity contribution in [2.45, 2.75) is 37.9 Å². The molecule has 3 atom stereocenters. The maximum atomic E-state index is 14.3. The second kappa shape index (κ2) is 4.87. The summed E-state index contributed by atoms with van der Waals surface area (Å²) >= 11 is 6.00. The van der Waals surface area contributed by atoms with Crippen molar-refractivity contribution in [1.29, 1.82) is 0 Å². The quantitative estimate of drug-likeness (QED) is 0.789. The Morgan fingerprint density at radius 1 is 1.39 bits per heavy atom. The first-order chi connectivity index (χ1) is 10.9. The third kappa shape index (κ3) is 2.13. The molecule has 1 fully saturated rings. The fraction of sp³-hybridized carbons (Fsp3) is 0.375. The molecule has 3 heterocycles. The molecule has 2 aromatic rings. The van der Waals surface area contributed by atoms with Crippen LogP contribution in [0.1, 0.15) is 19.9 Å². The topological polar surface area (TPSA) is 49.2 Å². The third-order valence-electron chi connectivity index (χ3n) is 4.23. The van der Waals surface area contributed by atoms with E-state index in [1.807, 2.05) is 19.9 Å². The zero-order valence-electron chi connectivity index (χ0n) is 12.7. The number of ether oxygens (including phenoxy) is 2. The van der Waals surface area contributed by atoms with Crippen LogP contribution in [0.4, 0.5) is 4.39 Å². The molecule has 7 heteroatoms. The van der Waals surface area contributed by atoms with Gasteiger partial charge in [0.25, 0.3) is 0 Å². The number of halogens is 2. The van der Waals surface area contributed by atoms with Gasteiger partial charge in [-0.2, -0.15) is 0 Å². The first kappa shape index (κ1) is 14.8. The third-order valence-corrected chi connectivity index (χ3v) is 4.52. The summed E-state index contributed by atoms with van der Waals surface area (Å²) in [6.07, 6.45) is 5.90. The molecule has 0 spiro atoms. The van der Waals surface area contributed by atoms with Crippen LogP contribution in [0.15, 0.2) is 36.8 Å². The first-order valence-electron chi connectivity index (χ1n) is 7.27. The summed E-state index contributed by atoms with van der Waals surface area (Å²) in [6.45, 7) is 7.54. The molecule has 0 radical (unpaired) electrons. The van der Waals surface area contributed by atoms with Gasteiger partial charge in [-0.1, -0.05) is 30.3 Å². The standard InChI is InChI=1S/C16H15ClFN3O2/c1-4-8-5-10(13-12(8)22-16(2,3)23-13)21-6-9(18)11-14(17)19-7-20-15(11)21/h4-7,10,12-13H,1H2,2-3H3/t10-,12-,13+/m1/s1. The maximum Gasteiger partial charge on any atom is 0.164 e. The Morgan fingerprint density at radius 2 is 2.17 bits per heavy atom. The molecule has 0 aromatic carbocycles. The van der Waals surface area contributed by atoms with Crippen LogP contribution >= 0.6 is 11.6 Å². The van der Waals surface area contributed by atoms with Crippen molar-refractivity contribution in [2.75, 3.05) is 0 Å². The van der Waals surface area contributed by atoms with E-state index in [9.17, 15) is 4.39 Å². The van der Waals surface area contributed by atoms with E-state index in [0.29, 0.717) is 5.65 Å². The number of aromatic nitrogens is 3. The van der Waals surface area contributed by atoms with E-state index in [0.717, 1.165) is 5.57 Å². The van der Waals surface area contributed by atoms with Crippen molar-refractivity contribution >= 4 is 22.6 Å². The molecule has 1 aliphatic carbocycles. The average molecular weight is 336 g/mol. The van der Waals surface area contributed by atoms with Gasteiger partial charge >= 0.3 is 0 Å². The highest BCUT2D eigenvalue weighted by atomic mass is 35.5. The van der Waals surface area contributed by atoms with Crippen LogP contribution in [0.3, 0.4) is 0 Å². The zero-order chi connectivity index (χ0) is 16.4. The van der Waals surface area contributed by atoms with Crippen LogP contribution in [0.25, 0.3) is 11.0 Å². The lowest BCUT2D eigenvalue weighted by Crippen LogP contribution is -2.27. The lowest BCUT2D eigenvalue weighted by molar-refractivity contribution is -0.147. The first-order valence-corrected chi connectivity index (χ1v) is 7.65. The van der Waals surface area contributed by atoms with E-state index in [2.05, 4.69) is 16.5 Å². The van der Waals surface area contributed by atoms with E-state index in [1.54, 1.807) is 10.6 Å². The van der Waals surface area contributed by atoms with Crippen LogP contribution in [0, 0.1) is 5.82 Å². The Labute approximate surface area is 137 Å². The number of nitrogens with zero attached hydrogens (tertiary/aromatic N) is 3. The highest BCUT2D eigenvalue weighted by Gasteiger charge is 2.50. The highest BCUT2D eigenvalue weighted by molar-refractivity contribution is 6.34. The SMILES string of the molecule is C=CC1=C[C@@H](n2cc(F)c3c(Cl)ncnc32)[C@@H]2OC(C)(C)O[C@H]12. The molecule has 4 rings (SSSR count). The van der Waals surface area contributed by atoms with Gasteiger partial charge in [-0.25, -0.2) is 14.4 Å². The van der Waals surface area contributed by atoms with E-state index in [4.69, 9.17) is 21.1 Å². The predicted octanol–water partition coefficient (Wildman–Crippen LogP) is 3.41. The van der Waals surface area contributed by atoms with E-state index in [1.165, 1.54) is 12.5 Å². The Bertz CT molecular complexity index is 845. The van der Waals surface area contributed by atoms with Gasteiger partial charge in [0, 0.05) is 6.20 Å². The summed E-state index contributed by atoms with van der Waals surface area (Å²) in [7, 11) is 0. The molecule has 0 amide bonds. The molecule has 2 aromatic heterocycles. The van der Waals surface area contributed by atoms with Crippen LogP contribution in [-0.2, 0) is 9.47 Å². The fourth-order valence-electron chi connectivity index (χ4n) is 3.34. The Balaban J connectivity index is 1.87. The number of hydrogen-bond donors (Lipinski definition) is 0. The molecule has 0 unspecified atom stereocenters. The minimum absolute atomic E-state index is 0.0950. The van der Waals surface area contributed by atoms with Gasteiger partial charge in [0.1, 0.15) is 29.3 Å². The predicted molar refractivity (Wildman–Crippen MR) is 83.6 cm³/mol. The van der Waals surface area contributed by atoms with Gasteiger partial charge in [0.2, 0.25) is 0 Å². The van der Waals surface area contributed by atoms with Crippen molar-refractivity contribution in [2.24, 2.45) is 0 Å². The second-order valence-electron chi connectivity index (χ2n) is 6.13. The van der Waals surface area contributed by atoms with Gasteiger partial charge < -0.3 is 14.0 Å². The highest BCUT2D eigenvalue weighted by Crippen LogP contribution is 2.44. The molecule has 0 N–H and O–H groups in total. The normalized spacial score (nSPS) is 28.9. The number of rotatable bonds is 2. The van der Waals surface area contributed by atoms with Crippen molar-refractivity contribution < 1.29 is 13.9 Å². The van der Waals surface area contributed by atoms with E-state index >= 15 is 0 Å². The molecule has 1 aliphatic heterocycles. The Kier molecular flexibility index (Phi) is 3.13. The maximum absolute atomic E-state index is 14.3. The minimum atomic E-state index is -0.704. The summed E-state index contributed by atoms with van der Waals surface area (Å²) in [5.41, 5.74) is 1.36. The molecule has 0 saturated carbocycles. The fourth-order valence-corrected chi connectivity index (χ4v) is 3.56. The molecule has 1 saturated heterocycles. The van der Waals surface area contributed by atoms with Crippen molar-refractivity contribution in [3.8, 4) is 0 Å². The lowest BCUT2D eigenvalue weighted by atomic mass is 10.1. The molecule has 2 aliphatic rings. The van der Waals surface area contributed by atoms with Crippen LogP contribution in [0.2, 0.25) is 5.15 Å². The summed E-state index contributed by atoms with van der Waals surface area (Å²) < 4.78 is 28.0. The molecule has 0 bridgehead atoms. The summed E-state index contributed by atoms with van der Waals surface area (Å²) in [6, 6.07) is -0.257. The summed E-state index contributed by atoms with van der Waals surface area (Å²) in [4.78, 5) is 8.03. The van der Waals surface area contributed by atoms with Crippen molar-refractivity contribution in [3.63, 3.8) is 0 Å². The lowest BCUT2D eigenvalue weighted by Gasteiger charge is -2.22. The molecular formula is C16H15ClFN3O2. The monoisotopic (exact) mass is 335 g/mol. The smallest absolute Gasteiger partial charge is 0.164 e.